The Labute approximate surface area is 115 Å². The summed E-state index contributed by atoms with van der Waals surface area (Å²) >= 11 is 0. The van der Waals surface area contributed by atoms with Gasteiger partial charge in [0, 0.05) is 12.6 Å². The Morgan fingerprint density at radius 3 is 2.63 bits per heavy atom. The molecule has 1 aliphatic carbocycles. The molecule has 0 unspecified atom stereocenters. The van der Waals surface area contributed by atoms with E-state index in [-0.39, 0.29) is 0 Å². The van der Waals surface area contributed by atoms with Gasteiger partial charge in [-0.2, -0.15) is 0 Å². The third-order valence-electron chi connectivity index (χ3n) is 4.32. The molecule has 1 heterocycles. The summed E-state index contributed by atoms with van der Waals surface area (Å²) in [5.74, 6) is 3.50. The molecule has 0 aromatic heterocycles. The molecular weight excluding hydrogens is 238 g/mol. The Hall–Kier alpha value is -1.22. The molecular formula is C16H23NO2. The fourth-order valence-electron chi connectivity index (χ4n) is 2.83. The lowest BCUT2D eigenvalue weighted by molar-refractivity contribution is 0.166. The molecule has 1 fully saturated rings. The largest absolute Gasteiger partial charge is 0.486 e. The van der Waals surface area contributed by atoms with Crippen molar-refractivity contribution in [3.05, 3.63) is 23.8 Å². The van der Waals surface area contributed by atoms with Crippen LogP contribution in [0.15, 0.2) is 18.2 Å². The van der Waals surface area contributed by atoms with E-state index >= 15 is 0 Å². The SMILES string of the molecule is CC(C)C1CC(NCc2ccc3c(c2)OCCO3)C1. The minimum Gasteiger partial charge on any atom is -0.486 e. The first-order chi connectivity index (χ1) is 9.22. The fourth-order valence-corrected chi connectivity index (χ4v) is 2.83. The number of rotatable bonds is 4. The molecule has 0 atom stereocenters. The first kappa shape index (κ1) is 12.8. The highest BCUT2D eigenvalue weighted by molar-refractivity contribution is 5.43. The normalized spacial score (nSPS) is 25.2. The molecule has 0 amide bonds. The predicted octanol–water partition coefficient (Wildman–Crippen LogP) is 2.98. The highest BCUT2D eigenvalue weighted by Gasteiger charge is 2.30. The first-order valence-corrected chi connectivity index (χ1v) is 7.34. The van der Waals surface area contributed by atoms with Crippen LogP contribution in [0.4, 0.5) is 0 Å². The molecule has 0 saturated heterocycles. The van der Waals surface area contributed by atoms with Crippen molar-refractivity contribution in [2.45, 2.75) is 39.3 Å². The van der Waals surface area contributed by atoms with E-state index in [0.717, 1.165) is 29.9 Å². The highest BCUT2D eigenvalue weighted by atomic mass is 16.6. The minimum atomic E-state index is 0.655. The van der Waals surface area contributed by atoms with Crippen molar-refractivity contribution in [3.8, 4) is 11.5 Å². The van der Waals surface area contributed by atoms with Crippen molar-refractivity contribution in [3.63, 3.8) is 0 Å². The number of hydrogen-bond acceptors (Lipinski definition) is 3. The standard InChI is InChI=1S/C16H23NO2/c1-11(2)13-8-14(9-13)17-10-12-3-4-15-16(7-12)19-6-5-18-15/h3-4,7,11,13-14,17H,5-6,8-10H2,1-2H3. The average Bonchev–Trinajstić information content (AvgIpc) is 2.36. The van der Waals surface area contributed by atoms with E-state index in [9.17, 15) is 0 Å². The van der Waals surface area contributed by atoms with Gasteiger partial charge in [-0.3, -0.25) is 0 Å². The second-order valence-corrected chi connectivity index (χ2v) is 6.03. The van der Waals surface area contributed by atoms with E-state index in [2.05, 4.69) is 31.3 Å². The summed E-state index contributed by atoms with van der Waals surface area (Å²) in [6, 6.07) is 6.93. The molecule has 19 heavy (non-hydrogen) atoms. The van der Waals surface area contributed by atoms with E-state index in [0.29, 0.717) is 19.3 Å². The van der Waals surface area contributed by atoms with Crippen LogP contribution in [0.25, 0.3) is 0 Å². The van der Waals surface area contributed by atoms with Gasteiger partial charge in [0.25, 0.3) is 0 Å². The molecule has 3 heteroatoms. The molecule has 0 radical (unpaired) electrons. The second kappa shape index (κ2) is 5.41. The Balaban J connectivity index is 1.51. The molecule has 2 aliphatic rings. The van der Waals surface area contributed by atoms with Crippen LogP contribution < -0.4 is 14.8 Å². The number of fused-ring (bicyclic) bond motifs is 1. The number of hydrogen-bond donors (Lipinski definition) is 1. The molecule has 3 rings (SSSR count). The van der Waals surface area contributed by atoms with Crippen molar-refractivity contribution in [1.29, 1.82) is 0 Å². The Morgan fingerprint density at radius 1 is 1.16 bits per heavy atom. The van der Waals surface area contributed by atoms with Crippen molar-refractivity contribution in [2.75, 3.05) is 13.2 Å². The molecule has 1 aromatic rings. The summed E-state index contributed by atoms with van der Waals surface area (Å²) in [6.07, 6.45) is 2.64. The quantitative estimate of drug-likeness (QED) is 0.904. The third kappa shape index (κ3) is 2.86. The second-order valence-electron chi connectivity index (χ2n) is 6.03. The lowest BCUT2D eigenvalue weighted by atomic mass is 9.73. The van der Waals surface area contributed by atoms with Crippen molar-refractivity contribution in [2.24, 2.45) is 11.8 Å². The van der Waals surface area contributed by atoms with Crippen LogP contribution in [0, 0.1) is 11.8 Å². The first-order valence-electron chi connectivity index (χ1n) is 7.34. The van der Waals surface area contributed by atoms with Gasteiger partial charge in [0.2, 0.25) is 0 Å². The van der Waals surface area contributed by atoms with E-state index in [1.807, 2.05) is 6.07 Å². The maximum absolute atomic E-state index is 5.61. The monoisotopic (exact) mass is 261 g/mol. The zero-order valence-electron chi connectivity index (χ0n) is 11.8. The summed E-state index contributed by atoms with van der Waals surface area (Å²) in [5.41, 5.74) is 1.28. The molecule has 3 nitrogen and oxygen atoms in total. The molecule has 1 aliphatic heterocycles. The van der Waals surface area contributed by atoms with Gasteiger partial charge in [0.1, 0.15) is 13.2 Å². The van der Waals surface area contributed by atoms with Crippen LogP contribution in [-0.4, -0.2) is 19.3 Å². The maximum atomic E-state index is 5.61. The number of ether oxygens (including phenoxy) is 2. The van der Waals surface area contributed by atoms with Crippen molar-refractivity contribution < 1.29 is 9.47 Å². The summed E-state index contributed by atoms with van der Waals surface area (Å²) < 4.78 is 11.1. The fraction of sp³-hybridized carbons (Fsp3) is 0.625. The third-order valence-corrected chi connectivity index (χ3v) is 4.32. The van der Waals surface area contributed by atoms with Crippen LogP contribution >= 0.6 is 0 Å². The van der Waals surface area contributed by atoms with E-state index in [1.165, 1.54) is 18.4 Å². The predicted molar refractivity (Wildman–Crippen MR) is 75.6 cm³/mol. The van der Waals surface area contributed by atoms with Gasteiger partial charge in [-0.25, -0.2) is 0 Å². The van der Waals surface area contributed by atoms with Crippen LogP contribution in [0.5, 0.6) is 11.5 Å². The van der Waals surface area contributed by atoms with E-state index in [4.69, 9.17) is 9.47 Å². The summed E-state index contributed by atoms with van der Waals surface area (Å²) in [7, 11) is 0. The van der Waals surface area contributed by atoms with E-state index in [1.54, 1.807) is 0 Å². The summed E-state index contributed by atoms with van der Waals surface area (Å²) in [6.45, 7) is 6.88. The summed E-state index contributed by atoms with van der Waals surface area (Å²) in [5, 5.41) is 3.63. The Bertz CT molecular complexity index is 438. The highest BCUT2D eigenvalue weighted by Crippen LogP contribution is 2.34. The minimum absolute atomic E-state index is 0.655. The zero-order valence-corrected chi connectivity index (χ0v) is 11.8. The molecule has 0 spiro atoms. The van der Waals surface area contributed by atoms with Crippen molar-refractivity contribution >= 4 is 0 Å². The van der Waals surface area contributed by atoms with Crippen molar-refractivity contribution in [1.82, 2.24) is 5.32 Å². The van der Waals surface area contributed by atoms with Gasteiger partial charge in [0.15, 0.2) is 11.5 Å². The van der Waals surface area contributed by atoms with Crippen LogP contribution in [0.2, 0.25) is 0 Å². The Kier molecular flexibility index (Phi) is 3.65. The van der Waals surface area contributed by atoms with Crippen LogP contribution in [0.3, 0.4) is 0 Å². The summed E-state index contributed by atoms with van der Waals surface area (Å²) in [4.78, 5) is 0. The maximum Gasteiger partial charge on any atom is 0.161 e. The van der Waals surface area contributed by atoms with Gasteiger partial charge >= 0.3 is 0 Å². The lowest BCUT2D eigenvalue weighted by Crippen LogP contribution is -2.42. The van der Waals surface area contributed by atoms with Gasteiger partial charge in [-0.15, -0.1) is 0 Å². The van der Waals surface area contributed by atoms with Gasteiger partial charge in [0.05, 0.1) is 0 Å². The van der Waals surface area contributed by atoms with Crippen LogP contribution in [-0.2, 0) is 6.54 Å². The smallest absolute Gasteiger partial charge is 0.161 e. The molecule has 1 aromatic carbocycles. The zero-order chi connectivity index (χ0) is 13.2. The van der Waals surface area contributed by atoms with E-state index < -0.39 is 0 Å². The average molecular weight is 261 g/mol. The molecule has 0 bridgehead atoms. The van der Waals surface area contributed by atoms with Gasteiger partial charge < -0.3 is 14.8 Å². The number of benzene rings is 1. The molecule has 1 N–H and O–H groups in total. The van der Waals surface area contributed by atoms with Gasteiger partial charge in [-0.1, -0.05) is 19.9 Å². The molecule has 104 valence electrons. The Morgan fingerprint density at radius 2 is 1.89 bits per heavy atom. The number of nitrogens with one attached hydrogen (secondary N) is 1. The van der Waals surface area contributed by atoms with Gasteiger partial charge in [-0.05, 0) is 42.4 Å². The molecule has 1 saturated carbocycles. The topological polar surface area (TPSA) is 30.5 Å². The lowest BCUT2D eigenvalue weighted by Gasteiger charge is -2.38. The van der Waals surface area contributed by atoms with Crippen LogP contribution in [0.1, 0.15) is 32.3 Å².